The number of ether oxygens (including phenoxy) is 2. The summed E-state index contributed by atoms with van der Waals surface area (Å²) in [4.78, 5) is 5.15. The molecule has 5 rings (SSSR count). The first-order valence-electron chi connectivity index (χ1n) is 11.2. The number of hydrogen-bond donors (Lipinski definition) is 0. The number of nitrogens with zero attached hydrogens (tertiary/aromatic N) is 2. The highest BCUT2D eigenvalue weighted by Gasteiger charge is 2.37. The number of fused-ring (bicyclic) bond motifs is 1. The van der Waals surface area contributed by atoms with Gasteiger partial charge in [-0.2, -0.15) is 0 Å². The summed E-state index contributed by atoms with van der Waals surface area (Å²) in [7, 11) is 0. The molecule has 0 bridgehead atoms. The second-order valence-corrected chi connectivity index (χ2v) is 8.92. The minimum absolute atomic E-state index is 0.550. The molecule has 0 N–H and O–H groups in total. The average molecular weight is 393 g/mol. The van der Waals surface area contributed by atoms with E-state index in [0.29, 0.717) is 18.6 Å². The molecule has 1 saturated carbocycles. The largest absolute Gasteiger partial charge is 0.486 e. The van der Waals surface area contributed by atoms with E-state index in [-0.39, 0.29) is 0 Å². The second-order valence-electron chi connectivity index (χ2n) is 8.92. The van der Waals surface area contributed by atoms with E-state index in [4.69, 9.17) is 9.47 Å². The summed E-state index contributed by atoms with van der Waals surface area (Å²) in [5.41, 5.74) is 3.32. The maximum Gasteiger partial charge on any atom is 0.163 e. The zero-order valence-corrected chi connectivity index (χ0v) is 17.3. The van der Waals surface area contributed by atoms with E-state index in [9.17, 15) is 0 Å². The van der Waals surface area contributed by atoms with Crippen LogP contribution in [0.5, 0.6) is 11.5 Å². The van der Waals surface area contributed by atoms with Gasteiger partial charge in [-0.3, -0.25) is 4.90 Å². The fourth-order valence-electron chi connectivity index (χ4n) is 5.07. The quantitative estimate of drug-likeness (QED) is 0.728. The first-order chi connectivity index (χ1) is 14.3. The highest BCUT2D eigenvalue weighted by molar-refractivity contribution is 5.57. The van der Waals surface area contributed by atoms with Gasteiger partial charge in [-0.15, -0.1) is 0 Å². The van der Waals surface area contributed by atoms with Crippen LogP contribution in [0.1, 0.15) is 31.2 Å². The van der Waals surface area contributed by atoms with Crippen LogP contribution in [0.25, 0.3) is 0 Å². The van der Waals surface area contributed by atoms with Gasteiger partial charge in [-0.25, -0.2) is 0 Å². The third-order valence-corrected chi connectivity index (χ3v) is 7.06. The second kappa shape index (κ2) is 8.27. The van der Waals surface area contributed by atoms with Gasteiger partial charge in [-0.1, -0.05) is 36.8 Å². The van der Waals surface area contributed by atoms with Crippen molar-refractivity contribution in [1.82, 2.24) is 4.90 Å². The minimum atomic E-state index is 0.550. The van der Waals surface area contributed by atoms with Gasteiger partial charge in [0.2, 0.25) is 0 Å². The monoisotopic (exact) mass is 392 g/mol. The third-order valence-electron chi connectivity index (χ3n) is 7.06. The molecule has 154 valence electrons. The van der Waals surface area contributed by atoms with Gasteiger partial charge in [0, 0.05) is 37.9 Å². The van der Waals surface area contributed by atoms with E-state index in [1.165, 1.54) is 49.9 Å². The molecule has 2 aromatic carbocycles. The van der Waals surface area contributed by atoms with Crippen LogP contribution in [0, 0.1) is 5.41 Å². The Hall–Kier alpha value is -2.20. The molecule has 0 radical (unpaired) electrons. The number of piperazine rings is 1. The normalized spacial score (nSPS) is 20.9. The zero-order chi connectivity index (χ0) is 19.5. The van der Waals surface area contributed by atoms with E-state index in [2.05, 4.69) is 58.3 Å². The Morgan fingerprint density at radius 2 is 1.59 bits per heavy atom. The fraction of sp³-hybridized carbons (Fsp3) is 0.520. The third kappa shape index (κ3) is 4.23. The Kier molecular flexibility index (Phi) is 5.36. The first kappa shape index (κ1) is 18.8. The van der Waals surface area contributed by atoms with Gasteiger partial charge >= 0.3 is 0 Å². The minimum Gasteiger partial charge on any atom is -0.486 e. The highest BCUT2D eigenvalue weighted by atomic mass is 16.6. The summed E-state index contributed by atoms with van der Waals surface area (Å²) in [5.74, 6) is 1.77. The Labute approximate surface area is 174 Å². The molecule has 29 heavy (non-hydrogen) atoms. The summed E-state index contributed by atoms with van der Waals surface area (Å²) in [6.07, 6.45) is 6.81. The average Bonchev–Trinajstić information content (AvgIpc) is 2.76. The van der Waals surface area contributed by atoms with Crippen LogP contribution in [-0.4, -0.2) is 50.8 Å². The zero-order valence-electron chi connectivity index (χ0n) is 17.3. The molecule has 0 atom stereocenters. The van der Waals surface area contributed by atoms with E-state index >= 15 is 0 Å². The lowest BCUT2D eigenvalue weighted by atomic mass is 9.63. The van der Waals surface area contributed by atoms with Crippen molar-refractivity contribution < 1.29 is 9.47 Å². The molecule has 4 heteroatoms. The molecule has 2 heterocycles. The van der Waals surface area contributed by atoms with Crippen molar-refractivity contribution in [3.05, 3.63) is 54.1 Å². The molecule has 2 aliphatic heterocycles. The van der Waals surface area contributed by atoms with Crippen molar-refractivity contribution >= 4 is 5.69 Å². The van der Waals surface area contributed by atoms with Gasteiger partial charge in [0.15, 0.2) is 11.5 Å². The Morgan fingerprint density at radius 1 is 0.828 bits per heavy atom. The number of benzene rings is 2. The molecule has 2 aromatic rings. The van der Waals surface area contributed by atoms with E-state index in [1.807, 2.05) is 0 Å². The van der Waals surface area contributed by atoms with Gasteiger partial charge in [0.05, 0.1) is 0 Å². The Morgan fingerprint density at radius 3 is 2.31 bits per heavy atom. The lowest BCUT2D eigenvalue weighted by Gasteiger charge is -2.44. The predicted octanol–water partition coefficient (Wildman–Crippen LogP) is 4.38. The Balaban J connectivity index is 1.13. The van der Waals surface area contributed by atoms with Crippen molar-refractivity contribution in [1.29, 1.82) is 0 Å². The summed E-state index contributed by atoms with van der Waals surface area (Å²) < 4.78 is 11.4. The van der Waals surface area contributed by atoms with Crippen molar-refractivity contribution in [2.75, 3.05) is 50.8 Å². The molecule has 1 saturated heterocycles. The molecule has 0 unspecified atom stereocenters. The van der Waals surface area contributed by atoms with E-state index < -0.39 is 0 Å². The molecule has 2 fully saturated rings. The molecule has 1 aliphatic carbocycles. The van der Waals surface area contributed by atoms with Crippen molar-refractivity contribution in [3.8, 4) is 11.5 Å². The van der Waals surface area contributed by atoms with Crippen molar-refractivity contribution in [3.63, 3.8) is 0 Å². The Bertz CT molecular complexity index is 811. The predicted molar refractivity (Wildman–Crippen MR) is 117 cm³/mol. The topological polar surface area (TPSA) is 24.9 Å². The van der Waals surface area contributed by atoms with Crippen LogP contribution in [-0.2, 0) is 6.42 Å². The fourth-order valence-corrected chi connectivity index (χ4v) is 5.07. The summed E-state index contributed by atoms with van der Waals surface area (Å²) in [5, 5.41) is 0. The molecule has 0 amide bonds. The highest BCUT2D eigenvalue weighted by Crippen LogP contribution is 2.46. The SMILES string of the molecule is c1ccc(CC2(CCN3CCN(c4ccc5c(c4)OCCO5)CC3)CCC2)cc1. The molecular weight excluding hydrogens is 360 g/mol. The van der Waals surface area contributed by atoms with Crippen molar-refractivity contribution in [2.45, 2.75) is 32.1 Å². The lowest BCUT2D eigenvalue weighted by molar-refractivity contribution is 0.0947. The van der Waals surface area contributed by atoms with E-state index in [1.54, 1.807) is 0 Å². The lowest BCUT2D eigenvalue weighted by Crippen LogP contribution is -2.48. The molecule has 0 spiro atoms. The summed E-state index contributed by atoms with van der Waals surface area (Å²) in [6.45, 7) is 7.01. The number of anilines is 1. The number of rotatable bonds is 6. The van der Waals surface area contributed by atoms with Gasteiger partial charge in [0.1, 0.15) is 13.2 Å². The van der Waals surface area contributed by atoms with Crippen LogP contribution in [0.3, 0.4) is 0 Å². The van der Waals surface area contributed by atoms with Crippen LogP contribution in [0.4, 0.5) is 5.69 Å². The van der Waals surface area contributed by atoms with Gasteiger partial charge in [-0.05, 0) is 55.3 Å². The number of hydrogen-bond acceptors (Lipinski definition) is 4. The van der Waals surface area contributed by atoms with Crippen molar-refractivity contribution in [2.24, 2.45) is 5.41 Å². The van der Waals surface area contributed by atoms with Crippen LogP contribution in [0.2, 0.25) is 0 Å². The van der Waals surface area contributed by atoms with E-state index in [0.717, 1.165) is 37.7 Å². The summed E-state index contributed by atoms with van der Waals surface area (Å²) >= 11 is 0. The van der Waals surface area contributed by atoms with Crippen LogP contribution >= 0.6 is 0 Å². The van der Waals surface area contributed by atoms with Crippen LogP contribution in [0.15, 0.2) is 48.5 Å². The van der Waals surface area contributed by atoms with Gasteiger partial charge in [0.25, 0.3) is 0 Å². The molecule has 4 nitrogen and oxygen atoms in total. The maximum atomic E-state index is 5.76. The summed E-state index contributed by atoms with van der Waals surface area (Å²) in [6, 6.07) is 17.5. The standard InChI is InChI=1S/C25H32N2O2/c1-2-5-21(6-3-1)20-25(9-4-10-25)11-12-26-13-15-27(16-14-26)22-7-8-23-24(19-22)29-18-17-28-23/h1-3,5-8,19H,4,9-18,20H2. The molecular formula is C25H32N2O2. The van der Waals surface area contributed by atoms with Gasteiger partial charge < -0.3 is 14.4 Å². The van der Waals surface area contributed by atoms with Crippen LogP contribution < -0.4 is 14.4 Å². The maximum absolute atomic E-state index is 5.76. The smallest absolute Gasteiger partial charge is 0.163 e. The molecule has 0 aromatic heterocycles. The first-order valence-corrected chi connectivity index (χ1v) is 11.2. The molecule has 3 aliphatic rings.